The number of nitrogens with zero attached hydrogens (tertiary/aromatic N) is 2. The first-order chi connectivity index (χ1) is 7.43. The maximum Gasteiger partial charge on any atom is 0.148 e. The molecule has 1 heterocycles. The van der Waals surface area contributed by atoms with E-state index in [9.17, 15) is 0 Å². The van der Waals surface area contributed by atoms with Gasteiger partial charge in [0, 0.05) is 12.6 Å². The van der Waals surface area contributed by atoms with Crippen molar-refractivity contribution in [3.05, 3.63) is 17.3 Å². The number of nitrogens with two attached hydrogens (primary N) is 1. The van der Waals surface area contributed by atoms with Crippen LogP contribution in [-0.2, 0) is 0 Å². The van der Waals surface area contributed by atoms with Gasteiger partial charge in [-0.3, -0.25) is 0 Å². The Hall–Kier alpha value is -1.45. The van der Waals surface area contributed by atoms with E-state index in [1.54, 1.807) is 0 Å². The summed E-state index contributed by atoms with van der Waals surface area (Å²) in [6.07, 6.45) is 2.13. The van der Waals surface area contributed by atoms with E-state index >= 15 is 0 Å². The Balaban J connectivity index is 2.89. The van der Waals surface area contributed by atoms with Crippen LogP contribution in [0, 0.1) is 6.92 Å². The zero-order chi connectivity index (χ0) is 12.3. The van der Waals surface area contributed by atoms with Crippen LogP contribution in [0.5, 0.6) is 0 Å². The van der Waals surface area contributed by atoms with Gasteiger partial charge in [-0.15, -0.1) is 0 Å². The molecule has 4 heteroatoms. The minimum absolute atomic E-state index is 0.310. The van der Waals surface area contributed by atoms with Gasteiger partial charge in [-0.1, -0.05) is 11.6 Å². The smallest absolute Gasteiger partial charge is 0.148 e. The molecule has 0 aromatic carbocycles. The highest BCUT2D eigenvalue weighted by molar-refractivity contribution is 5.65. The molecule has 1 aromatic rings. The molecule has 0 saturated carbocycles. The summed E-state index contributed by atoms with van der Waals surface area (Å²) in [5.41, 5.74) is 8.91. The fourth-order valence-corrected chi connectivity index (χ4v) is 1.46. The first kappa shape index (κ1) is 12.6. The highest BCUT2D eigenvalue weighted by Crippen LogP contribution is 2.25. The lowest BCUT2D eigenvalue weighted by Crippen LogP contribution is -2.11. The van der Waals surface area contributed by atoms with E-state index < -0.39 is 0 Å². The fourth-order valence-electron chi connectivity index (χ4n) is 1.46. The van der Waals surface area contributed by atoms with Crippen molar-refractivity contribution in [2.24, 2.45) is 0 Å². The van der Waals surface area contributed by atoms with Crippen molar-refractivity contribution in [1.29, 1.82) is 0 Å². The Morgan fingerprint density at radius 1 is 1.50 bits per heavy atom. The average Bonchev–Trinajstić information content (AvgIpc) is 2.45. The predicted octanol–water partition coefficient (Wildman–Crippen LogP) is 2.73. The molecule has 0 atom stereocenters. The maximum atomic E-state index is 5.99. The third kappa shape index (κ3) is 2.78. The van der Waals surface area contributed by atoms with E-state index in [0.29, 0.717) is 6.04 Å². The highest BCUT2D eigenvalue weighted by atomic mass is 15.4. The molecule has 1 rings (SSSR count). The molecular weight excluding hydrogens is 200 g/mol. The quantitative estimate of drug-likeness (QED) is 0.770. The number of aryl methyl sites for hydroxylation is 1. The average molecular weight is 222 g/mol. The number of aromatic nitrogens is 2. The lowest BCUT2D eigenvalue weighted by Gasteiger charge is -2.12. The topological polar surface area (TPSA) is 55.9 Å². The van der Waals surface area contributed by atoms with E-state index in [1.807, 2.05) is 11.6 Å². The summed E-state index contributed by atoms with van der Waals surface area (Å²) >= 11 is 0. The van der Waals surface area contributed by atoms with Crippen LogP contribution in [0.1, 0.15) is 39.4 Å². The lowest BCUT2D eigenvalue weighted by molar-refractivity contribution is 0.535. The molecule has 1 aromatic heterocycles. The SMILES string of the molecule is CC(C)=CCNc1c(N)c(C)nn1C(C)C. The van der Waals surface area contributed by atoms with Gasteiger partial charge in [0.05, 0.1) is 11.4 Å². The van der Waals surface area contributed by atoms with Crippen molar-refractivity contribution < 1.29 is 0 Å². The predicted molar refractivity (Wildman–Crippen MR) is 69.7 cm³/mol. The minimum Gasteiger partial charge on any atom is -0.394 e. The third-order valence-electron chi connectivity index (χ3n) is 2.40. The first-order valence-electron chi connectivity index (χ1n) is 5.65. The van der Waals surface area contributed by atoms with Crippen LogP contribution in [0.4, 0.5) is 11.5 Å². The largest absolute Gasteiger partial charge is 0.394 e. The van der Waals surface area contributed by atoms with Crippen LogP contribution in [0.2, 0.25) is 0 Å². The molecule has 0 bridgehead atoms. The summed E-state index contributed by atoms with van der Waals surface area (Å²) in [6, 6.07) is 0.310. The molecule has 0 spiro atoms. The molecule has 0 radical (unpaired) electrons. The monoisotopic (exact) mass is 222 g/mol. The van der Waals surface area contributed by atoms with Crippen LogP contribution in [0.25, 0.3) is 0 Å². The molecule has 0 fully saturated rings. The Labute approximate surface area is 97.5 Å². The molecule has 0 aliphatic heterocycles. The van der Waals surface area contributed by atoms with Crippen molar-refractivity contribution in [3.63, 3.8) is 0 Å². The van der Waals surface area contributed by atoms with Gasteiger partial charge < -0.3 is 11.1 Å². The second kappa shape index (κ2) is 5.05. The van der Waals surface area contributed by atoms with Crippen molar-refractivity contribution >= 4 is 11.5 Å². The van der Waals surface area contributed by atoms with Crippen molar-refractivity contribution in [1.82, 2.24) is 9.78 Å². The van der Waals surface area contributed by atoms with E-state index in [2.05, 4.69) is 44.2 Å². The van der Waals surface area contributed by atoms with Gasteiger partial charge in [0.15, 0.2) is 0 Å². The maximum absolute atomic E-state index is 5.99. The minimum atomic E-state index is 0.310. The summed E-state index contributed by atoms with van der Waals surface area (Å²) in [5, 5.41) is 7.73. The number of rotatable bonds is 4. The number of hydrogen-bond acceptors (Lipinski definition) is 3. The number of anilines is 2. The van der Waals surface area contributed by atoms with Gasteiger partial charge >= 0.3 is 0 Å². The summed E-state index contributed by atoms with van der Waals surface area (Å²) in [4.78, 5) is 0. The Morgan fingerprint density at radius 3 is 2.62 bits per heavy atom. The number of nitrogen functional groups attached to an aromatic ring is 1. The standard InChI is InChI=1S/C12H22N4/c1-8(2)6-7-14-12-11(13)10(5)15-16(12)9(3)4/h6,9,14H,7,13H2,1-5H3. The first-order valence-corrected chi connectivity index (χ1v) is 5.65. The van der Waals surface area contributed by atoms with Gasteiger partial charge in [-0.05, 0) is 34.6 Å². The van der Waals surface area contributed by atoms with Crippen LogP contribution < -0.4 is 11.1 Å². The Kier molecular flexibility index (Phi) is 3.99. The van der Waals surface area contributed by atoms with E-state index in [-0.39, 0.29) is 0 Å². The molecule has 4 nitrogen and oxygen atoms in total. The van der Waals surface area contributed by atoms with Crippen LogP contribution >= 0.6 is 0 Å². The van der Waals surface area contributed by atoms with Crippen molar-refractivity contribution in [3.8, 4) is 0 Å². The molecule has 0 amide bonds. The normalized spacial score (nSPS) is 10.6. The second-order valence-electron chi connectivity index (χ2n) is 4.55. The van der Waals surface area contributed by atoms with E-state index in [0.717, 1.165) is 23.7 Å². The third-order valence-corrected chi connectivity index (χ3v) is 2.40. The highest BCUT2D eigenvalue weighted by Gasteiger charge is 2.13. The summed E-state index contributed by atoms with van der Waals surface area (Å²) in [5.74, 6) is 0.921. The number of nitrogens with one attached hydrogen (secondary N) is 1. The lowest BCUT2D eigenvalue weighted by atomic mass is 10.3. The Morgan fingerprint density at radius 2 is 2.12 bits per heavy atom. The van der Waals surface area contributed by atoms with Crippen molar-refractivity contribution in [2.45, 2.75) is 40.7 Å². The van der Waals surface area contributed by atoms with Gasteiger partial charge in [0.2, 0.25) is 0 Å². The zero-order valence-corrected chi connectivity index (χ0v) is 10.8. The second-order valence-corrected chi connectivity index (χ2v) is 4.55. The van der Waals surface area contributed by atoms with Gasteiger partial charge in [0.25, 0.3) is 0 Å². The number of allylic oxidation sites excluding steroid dienone is 1. The Bertz CT molecular complexity index is 384. The molecule has 0 saturated heterocycles. The van der Waals surface area contributed by atoms with Crippen LogP contribution in [0.15, 0.2) is 11.6 Å². The summed E-state index contributed by atoms with van der Waals surface area (Å²) < 4.78 is 1.93. The fraction of sp³-hybridized carbons (Fsp3) is 0.583. The molecule has 0 unspecified atom stereocenters. The van der Waals surface area contributed by atoms with Gasteiger partial charge in [0.1, 0.15) is 5.82 Å². The van der Waals surface area contributed by atoms with Crippen LogP contribution in [-0.4, -0.2) is 16.3 Å². The van der Waals surface area contributed by atoms with E-state index in [4.69, 9.17) is 5.73 Å². The number of hydrogen-bond donors (Lipinski definition) is 2. The summed E-state index contributed by atoms with van der Waals surface area (Å²) in [6.45, 7) is 11.1. The molecule has 16 heavy (non-hydrogen) atoms. The molecule has 90 valence electrons. The van der Waals surface area contributed by atoms with Crippen molar-refractivity contribution in [2.75, 3.05) is 17.6 Å². The van der Waals surface area contributed by atoms with Crippen LogP contribution in [0.3, 0.4) is 0 Å². The van der Waals surface area contributed by atoms with E-state index in [1.165, 1.54) is 5.57 Å². The molecular formula is C12H22N4. The van der Waals surface area contributed by atoms with Gasteiger partial charge in [-0.25, -0.2) is 4.68 Å². The molecule has 0 aliphatic carbocycles. The zero-order valence-electron chi connectivity index (χ0n) is 10.8. The van der Waals surface area contributed by atoms with Gasteiger partial charge in [-0.2, -0.15) is 5.10 Å². The molecule has 3 N–H and O–H groups in total. The summed E-state index contributed by atoms with van der Waals surface area (Å²) in [7, 11) is 0. The molecule has 0 aliphatic rings.